The van der Waals surface area contributed by atoms with Crippen molar-refractivity contribution in [2.24, 2.45) is 7.05 Å². The van der Waals surface area contributed by atoms with Gasteiger partial charge in [0.2, 0.25) is 0 Å². The van der Waals surface area contributed by atoms with Crippen molar-refractivity contribution in [1.29, 1.82) is 0 Å². The molecule has 1 aromatic rings. The zero-order valence-corrected chi connectivity index (χ0v) is 11.4. The summed E-state index contributed by atoms with van der Waals surface area (Å²) in [7, 11) is 1.77. The van der Waals surface area contributed by atoms with E-state index >= 15 is 0 Å². The molecule has 0 radical (unpaired) electrons. The number of carbonyl (C=O) groups excluding carboxylic acids is 1. The smallest absolute Gasteiger partial charge is 0.269 e. The van der Waals surface area contributed by atoms with Crippen LogP contribution in [0.15, 0.2) is 12.3 Å². The van der Waals surface area contributed by atoms with E-state index in [9.17, 15) is 4.79 Å². The van der Waals surface area contributed by atoms with Crippen LogP contribution in [0.4, 0.5) is 0 Å². The Kier molecular flexibility index (Phi) is 6.11. The molecule has 7 heteroatoms. The third-order valence-corrected chi connectivity index (χ3v) is 2.98. The Morgan fingerprint density at radius 3 is 2.83 bits per heavy atom. The van der Waals surface area contributed by atoms with E-state index in [4.69, 9.17) is 0 Å². The van der Waals surface area contributed by atoms with Gasteiger partial charge in [-0.15, -0.1) is 12.4 Å². The van der Waals surface area contributed by atoms with Gasteiger partial charge >= 0.3 is 0 Å². The first-order valence-electron chi connectivity index (χ1n) is 5.96. The third kappa shape index (κ3) is 3.97. The molecule has 1 saturated heterocycles. The van der Waals surface area contributed by atoms with Gasteiger partial charge in [0.15, 0.2) is 0 Å². The molecule has 2 rings (SSSR count). The number of carbonyl (C=O) groups is 1. The molecule has 0 bridgehead atoms. The van der Waals surface area contributed by atoms with Crippen LogP contribution in [-0.2, 0) is 7.05 Å². The number of halogens is 1. The van der Waals surface area contributed by atoms with Crippen molar-refractivity contribution < 1.29 is 4.79 Å². The Balaban J connectivity index is 0.00000162. The van der Waals surface area contributed by atoms with E-state index < -0.39 is 0 Å². The van der Waals surface area contributed by atoms with Crippen LogP contribution in [0, 0.1) is 0 Å². The van der Waals surface area contributed by atoms with Crippen molar-refractivity contribution in [2.75, 3.05) is 39.3 Å². The van der Waals surface area contributed by atoms with E-state index in [1.165, 1.54) is 0 Å². The summed E-state index contributed by atoms with van der Waals surface area (Å²) in [6.45, 7) is 5.78. The largest absolute Gasteiger partial charge is 0.349 e. The van der Waals surface area contributed by atoms with Gasteiger partial charge in [0, 0.05) is 52.5 Å². The first-order chi connectivity index (χ1) is 8.27. The molecular formula is C11H20ClN5O. The lowest BCUT2D eigenvalue weighted by Gasteiger charge is -2.27. The fourth-order valence-corrected chi connectivity index (χ4v) is 1.95. The third-order valence-electron chi connectivity index (χ3n) is 2.98. The van der Waals surface area contributed by atoms with Crippen molar-refractivity contribution in [3.8, 4) is 0 Å². The van der Waals surface area contributed by atoms with Crippen LogP contribution in [0.3, 0.4) is 0 Å². The number of nitrogens with one attached hydrogen (secondary N) is 2. The molecule has 0 unspecified atom stereocenters. The highest BCUT2D eigenvalue weighted by atomic mass is 35.5. The van der Waals surface area contributed by atoms with E-state index in [1.807, 2.05) is 0 Å². The predicted octanol–water partition coefficient (Wildman–Crippen LogP) is -0.523. The molecule has 1 fully saturated rings. The summed E-state index contributed by atoms with van der Waals surface area (Å²) >= 11 is 0. The molecule has 0 atom stereocenters. The molecule has 0 aromatic carbocycles. The Hall–Kier alpha value is -1.11. The quantitative estimate of drug-likeness (QED) is 0.775. The highest BCUT2D eigenvalue weighted by Crippen LogP contribution is 1.95. The molecule has 2 N–H and O–H groups in total. The molecule has 1 amide bonds. The van der Waals surface area contributed by atoms with Crippen molar-refractivity contribution in [3.63, 3.8) is 0 Å². The Bertz CT molecular complexity index is 375. The van der Waals surface area contributed by atoms with Gasteiger partial charge in [-0.3, -0.25) is 14.4 Å². The lowest BCUT2D eigenvalue weighted by Crippen LogP contribution is -2.46. The Morgan fingerprint density at radius 2 is 2.22 bits per heavy atom. The summed E-state index contributed by atoms with van der Waals surface area (Å²) in [5.41, 5.74) is 0.602. The molecular weight excluding hydrogens is 254 g/mol. The molecule has 0 saturated carbocycles. The van der Waals surface area contributed by atoms with Gasteiger partial charge in [-0.2, -0.15) is 5.10 Å². The van der Waals surface area contributed by atoms with E-state index in [2.05, 4.69) is 20.6 Å². The Morgan fingerprint density at radius 1 is 1.50 bits per heavy atom. The molecule has 18 heavy (non-hydrogen) atoms. The maximum absolute atomic E-state index is 11.8. The average Bonchev–Trinajstić information content (AvgIpc) is 2.77. The van der Waals surface area contributed by atoms with Gasteiger partial charge in [0.25, 0.3) is 5.91 Å². The molecule has 6 nitrogen and oxygen atoms in total. The number of nitrogens with zero attached hydrogens (tertiary/aromatic N) is 3. The molecule has 1 aliphatic rings. The van der Waals surface area contributed by atoms with Crippen molar-refractivity contribution in [1.82, 2.24) is 25.3 Å². The highest BCUT2D eigenvalue weighted by Gasteiger charge is 2.11. The summed E-state index contributed by atoms with van der Waals surface area (Å²) in [6.07, 6.45) is 1.63. The number of hydrogen-bond donors (Lipinski definition) is 2. The van der Waals surface area contributed by atoms with E-state index in [0.29, 0.717) is 12.2 Å². The first-order valence-corrected chi connectivity index (χ1v) is 5.96. The van der Waals surface area contributed by atoms with Crippen LogP contribution in [-0.4, -0.2) is 59.9 Å². The van der Waals surface area contributed by atoms with E-state index in [0.717, 1.165) is 32.7 Å². The van der Waals surface area contributed by atoms with Crippen LogP contribution >= 0.6 is 12.4 Å². The zero-order valence-electron chi connectivity index (χ0n) is 10.6. The monoisotopic (exact) mass is 273 g/mol. The topological polar surface area (TPSA) is 62.2 Å². The minimum atomic E-state index is -0.0554. The van der Waals surface area contributed by atoms with Crippen LogP contribution < -0.4 is 10.6 Å². The molecule has 0 aliphatic carbocycles. The standard InChI is InChI=1S/C11H19N5O.ClH/c1-15-10(2-3-14-15)11(17)13-6-9-16-7-4-12-5-8-16;/h2-3,12H,4-9H2,1H3,(H,13,17);1H. The molecule has 1 aromatic heterocycles. The minimum absolute atomic E-state index is 0. The SMILES string of the molecule is Cl.Cn1nccc1C(=O)NCCN1CCNCC1. The number of hydrogen-bond acceptors (Lipinski definition) is 4. The predicted molar refractivity (Wildman–Crippen MR) is 72.1 cm³/mol. The van der Waals surface area contributed by atoms with Gasteiger partial charge in [-0.25, -0.2) is 0 Å². The van der Waals surface area contributed by atoms with Gasteiger partial charge in [0.1, 0.15) is 5.69 Å². The minimum Gasteiger partial charge on any atom is -0.349 e. The second kappa shape index (κ2) is 7.35. The Labute approximate surface area is 113 Å². The van der Waals surface area contributed by atoms with Gasteiger partial charge in [-0.05, 0) is 6.07 Å². The molecule has 2 heterocycles. The maximum Gasteiger partial charge on any atom is 0.269 e. The average molecular weight is 274 g/mol. The van der Waals surface area contributed by atoms with Crippen molar-refractivity contribution >= 4 is 18.3 Å². The van der Waals surface area contributed by atoms with Gasteiger partial charge in [-0.1, -0.05) is 0 Å². The lowest BCUT2D eigenvalue weighted by atomic mass is 10.3. The number of rotatable bonds is 4. The fourth-order valence-electron chi connectivity index (χ4n) is 1.95. The summed E-state index contributed by atoms with van der Waals surface area (Å²) in [5, 5.41) is 10.2. The summed E-state index contributed by atoms with van der Waals surface area (Å²) in [6, 6.07) is 1.72. The van der Waals surface area contributed by atoms with Crippen molar-refractivity contribution in [2.45, 2.75) is 0 Å². The normalized spacial score (nSPS) is 16.1. The van der Waals surface area contributed by atoms with Gasteiger partial charge in [0.05, 0.1) is 0 Å². The summed E-state index contributed by atoms with van der Waals surface area (Å²) < 4.78 is 1.58. The van der Waals surface area contributed by atoms with Crippen LogP contribution in [0.25, 0.3) is 0 Å². The number of aromatic nitrogens is 2. The summed E-state index contributed by atoms with van der Waals surface area (Å²) in [5.74, 6) is -0.0554. The van der Waals surface area contributed by atoms with E-state index in [-0.39, 0.29) is 18.3 Å². The zero-order chi connectivity index (χ0) is 12.1. The number of aryl methyl sites for hydroxylation is 1. The highest BCUT2D eigenvalue weighted by molar-refractivity contribution is 5.92. The van der Waals surface area contributed by atoms with Gasteiger partial charge < -0.3 is 10.6 Å². The molecule has 1 aliphatic heterocycles. The molecule has 0 spiro atoms. The maximum atomic E-state index is 11.8. The van der Waals surface area contributed by atoms with Crippen LogP contribution in [0.2, 0.25) is 0 Å². The second-order valence-electron chi connectivity index (χ2n) is 4.19. The summed E-state index contributed by atoms with van der Waals surface area (Å²) in [4.78, 5) is 14.1. The second-order valence-corrected chi connectivity index (χ2v) is 4.19. The first kappa shape index (κ1) is 14.9. The number of amides is 1. The van der Waals surface area contributed by atoms with E-state index in [1.54, 1.807) is 24.0 Å². The lowest BCUT2D eigenvalue weighted by molar-refractivity contribution is 0.0938. The van der Waals surface area contributed by atoms with Crippen LogP contribution in [0.5, 0.6) is 0 Å². The fraction of sp³-hybridized carbons (Fsp3) is 0.636. The van der Waals surface area contributed by atoms with Crippen molar-refractivity contribution in [3.05, 3.63) is 18.0 Å². The number of piperazine rings is 1. The molecule has 102 valence electrons. The van der Waals surface area contributed by atoms with Crippen LogP contribution in [0.1, 0.15) is 10.5 Å².